The number of hydrogen-bond donors (Lipinski definition) is 1. The van der Waals surface area contributed by atoms with Crippen molar-refractivity contribution in [3.63, 3.8) is 0 Å². The zero-order valence-electron chi connectivity index (χ0n) is 16.1. The van der Waals surface area contributed by atoms with Crippen molar-refractivity contribution >= 4 is 51.0 Å². The molecular formula is C20H19BrClN5O2S. The first-order valence-electron chi connectivity index (χ1n) is 8.96. The predicted molar refractivity (Wildman–Crippen MR) is 122 cm³/mol. The number of amides is 1. The standard InChI is InChI=1S/C20H19BrClN5O2S/c1-3-9-27-19(13(2)29-16-6-4-5-15(22)10-16)25-26-20(27)30-12-18(28)24-17-8-7-14(21)11-23-17/h3-8,10-11,13H,1,9,12H2,2H3,(H,23,24,28). The van der Waals surface area contributed by atoms with E-state index in [0.29, 0.717) is 34.1 Å². The number of anilines is 1. The van der Waals surface area contributed by atoms with Gasteiger partial charge in [-0.3, -0.25) is 9.36 Å². The Bertz CT molecular complexity index is 1030. The highest BCUT2D eigenvalue weighted by Crippen LogP contribution is 2.26. The number of nitrogens with zero attached hydrogens (tertiary/aromatic N) is 4. The molecule has 0 radical (unpaired) electrons. The SMILES string of the molecule is C=CCn1c(SCC(=O)Nc2ccc(Br)cn2)nnc1C(C)Oc1cccc(Cl)c1. The van der Waals surface area contributed by atoms with Crippen LogP contribution in [0, 0.1) is 0 Å². The van der Waals surface area contributed by atoms with E-state index in [0.717, 1.165) is 4.47 Å². The number of ether oxygens (including phenoxy) is 1. The summed E-state index contributed by atoms with van der Waals surface area (Å²) in [7, 11) is 0. The average Bonchev–Trinajstić information content (AvgIpc) is 3.11. The van der Waals surface area contributed by atoms with Crippen LogP contribution in [0.2, 0.25) is 5.02 Å². The molecule has 7 nitrogen and oxygen atoms in total. The lowest BCUT2D eigenvalue weighted by Gasteiger charge is -2.15. The fourth-order valence-corrected chi connectivity index (χ4v) is 3.73. The minimum atomic E-state index is -0.369. The van der Waals surface area contributed by atoms with Crippen LogP contribution in [0.4, 0.5) is 5.82 Å². The van der Waals surface area contributed by atoms with Crippen molar-refractivity contribution in [1.82, 2.24) is 19.7 Å². The number of carbonyl (C=O) groups is 1. The highest BCUT2D eigenvalue weighted by Gasteiger charge is 2.20. The van der Waals surface area contributed by atoms with E-state index in [1.54, 1.807) is 30.5 Å². The zero-order chi connectivity index (χ0) is 21.5. The van der Waals surface area contributed by atoms with Gasteiger partial charge >= 0.3 is 0 Å². The van der Waals surface area contributed by atoms with E-state index in [1.807, 2.05) is 29.7 Å². The monoisotopic (exact) mass is 507 g/mol. The third-order valence-electron chi connectivity index (χ3n) is 3.86. The topological polar surface area (TPSA) is 81.9 Å². The summed E-state index contributed by atoms with van der Waals surface area (Å²) in [5, 5.41) is 12.4. The number of halogens is 2. The van der Waals surface area contributed by atoms with E-state index >= 15 is 0 Å². The summed E-state index contributed by atoms with van der Waals surface area (Å²) in [5.74, 6) is 1.73. The summed E-state index contributed by atoms with van der Waals surface area (Å²) < 4.78 is 8.67. The molecule has 1 N–H and O–H groups in total. The first-order valence-corrected chi connectivity index (χ1v) is 11.1. The molecule has 0 spiro atoms. The van der Waals surface area contributed by atoms with Gasteiger partial charge in [-0.05, 0) is 53.2 Å². The number of aromatic nitrogens is 4. The number of thioether (sulfide) groups is 1. The van der Waals surface area contributed by atoms with Gasteiger partial charge in [0.2, 0.25) is 5.91 Å². The molecule has 156 valence electrons. The number of hydrogen-bond acceptors (Lipinski definition) is 6. The second-order valence-electron chi connectivity index (χ2n) is 6.16. The van der Waals surface area contributed by atoms with E-state index in [1.165, 1.54) is 11.8 Å². The quantitative estimate of drug-likeness (QED) is 0.318. The van der Waals surface area contributed by atoms with Crippen LogP contribution >= 0.6 is 39.3 Å². The summed E-state index contributed by atoms with van der Waals surface area (Å²) >= 11 is 10.6. The maximum atomic E-state index is 12.3. The number of pyridine rings is 1. The van der Waals surface area contributed by atoms with E-state index in [4.69, 9.17) is 16.3 Å². The van der Waals surface area contributed by atoms with E-state index in [9.17, 15) is 4.79 Å². The van der Waals surface area contributed by atoms with Crippen molar-refractivity contribution in [2.45, 2.75) is 24.7 Å². The molecule has 2 heterocycles. The van der Waals surface area contributed by atoms with Crippen molar-refractivity contribution in [2.75, 3.05) is 11.1 Å². The minimum Gasteiger partial charge on any atom is -0.483 e. The largest absolute Gasteiger partial charge is 0.483 e. The number of nitrogens with one attached hydrogen (secondary N) is 1. The second kappa shape index (κ2) is 10.6. The molecule has 2 aromatic heterocycles. The molecule has 0 aliphatic rings. The summed E-state index contributed by atoms with van der Waals surface area (Å²) in [5.41, 5.74) is 0. The molecule has 0 saturated heterocycles. The second-order valence-corrected chi connectivity index (χ2v) is 8.45. The molecule has 1 atom stereocenters. The van der Waals surface area contributed by atoms with Crippen molar-refractivity contribution in [1.29, 1.82) is 0 Å². The van der Waals surface area contributed by atoms with Crippen LogP contribution in [0.5, 0.6) is 5.75 Å². The van der Waals surface area contributed by atoms with Crippen molar-refractivity contribution in [3.8, 4) is 5.75 Å². The van der Waals surface area contributed by atoms with Gasteiger partial charge in [-0.25, -0.2) is 4.98 Å². The minimum absolute atomic E-state index is 0.163. The highest BCUT2D eigenvalue weighted by molar-refractivity contribution is 9.10. The molecule has 0 fully saturated rings. The fourth-order valence-electron chi connectivity index (χ4n) is 2.56. The highest BCUT2D eigenvalue weighted by atomic mass is 79.9. The van der Waals surface area contributed by atoms with Gasteiger partial charge in [0.05, 0.1) is 5.75 Å². The van der Waals surface area contributed by atoms with Gasteiger partial charge in [0.25, 0.3) is 0 Å². The smallest absolute Gasteiger partial charge is 0.236 e. The Morgan fingerprint density at radius 2 is 2.23 bits per heavy atom. The van der Waals surface area contributed by atoms with Crippen LogP contribution in [0.25, 0.3) is 0 Å². The summed E-state index contributed by atoms with van der Waals surface area (Å²) in [6.45, 7) is 6.17. The van der Waals surface area contributed by atoms with Gasteiger partial charge < -0.3 is 10.1 Å². The molecular weight excluding hydrogens is 490 g/mol. The molecule has 1 unspecified atom stereocenters. The Morgan fingerprint density at radius 3 is 2.93 bits per heavy atom. The first kappa shape index (κ1) is 22.3. The Hall–Kier alpha value is -2.36. The lowest BCUT2D eigenvalue weighted by molar-refractivity contribution is -0.113. The third kappa shape index (κ3) is 6.07. The molecule has 1 amide bonds. The lowest BCUT2D eigenvalue weighted by Crippen LogP contribution is -2.16. The third-order valence-corrected chi connectivity index (χ3v) is 5.53. The van der Waals surface area contributed by atoms with Crippen LogP contribution < -0.4 is 10.1 Å². The normalized spacial score (nSPS) is 11.7. The van der Waals surface area contributed by atoms with Crippen LogP contribution in [-0.4, -0.2) is 31.4 Å². The Kier molecular flexibility index (Phi) is 7.89. The van der Waals surface area contributed by atoms with E-state index in [2.05, 4.69) is 43.0 Å². The molecule has 3 aromatic rings. The lowest BCUT2D eigenvalue weighted by atomic mass is 10.3. The van der Waals surface area contributed by atoms with Gasteiger partial charge in [-0.2, -0.15) is 0 Å². The predicted octanol–water partition coefficient (Wildman–Crippen LogP) is 5.15. The fraction of sp³-hybridized carbons (Fsp3) is 0.200. The first-order chi connectivity index (χ1) is 14.5. The average molecular weight is 509 g/mol. The Labute approximate surface area is 192 Å². The molecule has 3 rings (SSSR count). The van der Waals surface area contributed by atoms with Crippen molar-refractivity contribution < 1.29 is 9.53 Å². The van der Waals surface area contributed by atoms with E-state index < -0.39 is 0 Å². The number of benzene rings is 1. The molecule has 0 saturated carbocycles. The van der Waals surface area contributed by atoms with Gasteiger partial charge in [0.1, 0.15) is 11.6 Å². The summed E-state index contributed by atoms with van der Waals surface area (Å²) in [6.07, 6.45) is 3.00. The molecule has 0 aliphatic carbocycles. The van der Waals surface area contributed by atoms with Gasteiger partial charge in [0.15, 0.2) is 17.1 Å². The molecule has 10 heteroatoms. The molecule has 30 heavy (non-hydrogen) atoms. The maximum absolute atomic E-state index is 12.3. The maximum Gasteiger partial charge on any atom is 0.236 e. The molecule has 1 aromatic carbocycles. The van der Waals surface area contributed by atoms with Gasteiger partial charge in [0, 0.05) is 22.2 Å². The summed E-state index contributed by atoms with van der Waals surface area (Å²) in [4.78, 5) is 16.4. The van der Waals surface area contributed by atoms with Crippen LogP contribution in [-0.2, 0) is 11.3 Å². The van der Waals surface area contributed by atoms with Gasteiger partial charge in [-0.15, -0.1) is 16.8 Å². The Balaban J connectivity index is 1.66. The van der Waals surface area contributed by atoms with Crippen LogP contribution in [0.3, 0.4) is 0 Å². The summed E-state index contributed by atoms with van der Waals surface area (Å²) in [6, 6.07) is 10.7. The van der Waals surface area contributed by atoms with Crippen LogP contribution in [0.15, 0.2) is 64.9 Å². The van der Waals surface area contributed by atoms with Crippen LogP contribution in [0.1, 0.15) is 18.9 Å². The Morgan fingerprint density at radius 1 is 1.40 bits per heavy atom. The van der Waals surface area contributed by atoms with Gasteiger partial charge in [-0.1, -0.05) is 35.5 Å². The van der Waals surface area contributed by atoms with E-state index in [-0.39, 0.29) is 17.8 Å². The number of allylic oxidation sites excluding steroid dienone is 1. The number of carbonyl (C=O) groups excluding carboxylic acids is 1. The zero-order valence-corrected chi connectivity index (χ0v) is 19.2. The molecule has 0 aliphatic heterocycles. The molecule has 0 bridgehead atoms. The van der Waals surface area contributed by atoms with Crippen molar-refractivity contribution in [2.24, 2.45) is 0 Å². The number of rotatable bonds is 9. The van der Waals surface area contributed by atoms with Crippen molar-refractivity contribution in [3.05, 3.63) is 70.6 Å².